The molecule has 0 saturated heterocycles. The van der Waals surface area contributed by atoms with Crippen molar-refractivity contribution in [3.63, 3.8) is 0 Å². The Morgan fingerprint density at radius 3 is 2.76 bits per heavy atom. The van der Waals surface area contributed by atoms with Gasteiger partial charge < -0.3 is 14.0 Å². The van der Waals surface area contributed by atoms with Gasteiger partial charge in [-0.2, -0.15) is 0 Å². The van der Waals surface area contributed by atoms with Crippen molar-refractivity contribution in [2.45, 2.75) is 31.7 Å². The quantitative estimate of drug-likeness (QED) is 0.733. The van der Waals surface area contributed by atoms with Crippen molar-refractivity contribution in [2.24, 2.45) is 5.41 Å². The van der Waals surface area contributed by atoms with Gasteiger partial charge in [-0.3, -0.25) is 0 Å². The van der Waals surface area contributed by atoms with Gasteiger partial charge in [-0.15, -0.1) is 11.6 Å². The highest BCUT2D eigenvalue weighted by Gasteiger charge is 2.42. The molecule has 114 valence electrons. The Balaban J connectivity index is 1.95. The van der Waals surface area contributed by atoms with Crippen molar-refractivity contribution in [1.82, 2.24) is 9.55 Å². The summed E-state index contributed by atoms with van der Waals surface area (Å²) in [5.74, 6) is 2.22. The van der Waals surface area contributed by atoms with Crippen molar-refractivity contribution in [2.75, 3.05) is 20.8 Å². The van der Waals surface area contributed by atoms with Crippen LogP contribution in [0, 0.1) is 5.41 Å². The van der Waals surface area contributed by atoms with Gasteiger partial charge in [0.15, 0.2) is 0 Å². The van der Waals surface area contributed by atoms with Crippen LogP contribution in [0.25, 0.3) is 11.0 Å². The lowest BCUT2D eigenvalue weighted by atomic mass is 10.0. The second kappa shape index (κ2) is 5.85. The van der Waals surface area contributed by atoms with Crippen LogP contribution in [-0.4, -0.2) is 30.4 Å². The molecule has 0 unspecified atom stereocenters. The van der Waals surface area contributed by atoms with Crippen LogP contribution >= 0.6 is 11.6 Å². The van der Waals surface area contributed by atoms with Crippen LogP contribution < -0.4 is 4.74 Å². The lowest BCUT2D eigenvalue weighted by Crippen LogP contribution is -2.15. The van der Waals surface area contributed by atoms with Crippen molar-refractivity contribution in [3.05, 3.63) is 24.0 Å². The number of fused-ring (bicyclic) bond motifs is 1. The minimum absolute atomic E-state index is 0.355. The average Bonchev–Trinajstić information content (AvgIpc) is 3.20. The Hall–Kier alpha value is -1.26. The first kappa shape index (κ1) is 14.7. The van der Waals surface area contributed by atoms with E-state index in [0.29, 0.717) is 11.3 Å². The number of alkyl halides is 1. The number of benzene rings is 1. The molecule has 21 heavy (non-hydrogen) atoms. The highest BCUT2D eigenvalue weighted by atomic mass is 35.5. The van der Waals surface area contributed by atoms with E-state index in [2.05, 4.69) is 9.55 Å². The van der Waals surface area contributed by atoms with Crippen LogP contribution in [0.5, 0.6) is 5.75 Å². The molecule has 0 bridgehead atoms. The molecule has 1 aliphatic rings. The molecule has 0 aliphatic heterocycles. The van der Waals surface area contributed by atoms with Gasteiger partial charge in [0.2, 0.25) is 0 Å². The monoisotopic (exact) mass is 308 g/mol. The first-order chi connectivity index (χ1) is 10.2. The van der Waals surface area contributed by atoms with Gasteiger partial charge in [0.05, 0.1) is 24.0 Å². The van der Waals surface area contributed by atoms with Crippen LogP contribution in [0.1, 0.15) is 25.1 Å². The average molecular weight is 309 g/mol. The second-order valence-electron chi connectivity index (χ2n) is 5.85. The van der Waals surface area contributed by atoms with Crippen LogP contribution in [0.15, 0.2) is 18.2 Å². The molecule has 1 aromatic carbocycles. The number of hydrogen-bond donors (Lipinski definition) is 0. The molecule has 3 rings (SSSR count). The lowest BCUT2D eigenvalue weighted by molar-refractivity contribution is 0.167. The molecule has 1 aromatic heterocycles. The zero-order valence-electron chi connectivity index (χ0n) is 12.6. The maximum Gasteiger partial charge on any atom is 0.124 e. The number of aromatic nitrogens is 2. The molecule has 2 aromatic rings. The molecule has 0 spiro atoms. The van der Waals surface area contributed by atoms with Gasteiger partial charge in [-0.1, -0.05) is 0 Å². The van der Waals surface area contributed by atoms with Gasteiger partial charge in [-0.25, -0.2) is 4.98 Å². The Labute approximate surface area is 130 Å². The van der Waals surface area contributed by atoms with Crippen LogP contribution in [0.3, 0.4) is 0 Å². The van der Waals surface area contributed by atoms with E-state index in [9.17, 15) is 0 Å². The molecule has 0 atom stereocenters. The van der Waals surface area contributed by atoms with Gasteiger partial charge >= 0.3 is 0 Å². The van der Waals surface area contributed by atoms with Crippen molar-refractivity contribution >= 4 is 22.6 Å². The zero-order valence-corrected chi connectivity index (χ0v) is 13.3. The normalized spacial score (nSPS) is 16.3. The topological polar surface area (TPSA) is 36.3 Å². The van der Waals surface area contributed by atoms with E-state index in [-0.39, 0.29) is 0 Å². The highest BCUT2D eigenvalue weighted by molar-refractivity contribution is 6.16. The maximum absolute atomic E-state index is 6.09. The SMILES string of the molecule is COCCC1(Cn2c(CCl)nc3ccc(OC)cc32)CC1. The van der Waals surface area contributed by atoms with Crippen molar-refractivity contribution in [3.8, 4) is 5.75 Å². The third-order valence-corrected chi connectivity index (χ3v) is 4.68. The standard InChI is InChI=1S/C16H21ClN2O2/c1-20-8-7-16(5-6-16)11-19-14-9-12(21-2)3-4-13(14)18-15(19)10-17/h3-4,9H,5-8,10-11H2,1-2H3. The van der Waals surface area contributed by atoms with Gasteiger partial charge in [0.25, 0.3) is 0 Å². The molecule has 1 saturated carbocycles. The fourth-order valence-corrected chi connectivity index (χ4v) is 3.08. The minimum Gasteiger partial charge on any atom is -0.497 e. The summed E-state index contributed by atoms with van der Waals surface area (Å²) in [6.45, 7) is 1.77. The number of methoxy groups -OCH3 is 2. The van der Waals surface area contributed by atoms with Crippen LogP contribution in [-0.2, 0) is 17.2 Å². The first-order valence-electron chi connectivity index (χ1n) is 7.29. The van der Waals surface area contributed by atoms with Crippen molar-refractivity contribution in [1.29, 1.82) is 0 Å². The Morgan fingerprint density at radius 2 is 2.14 bits per heavy atom. The molecule has 4 nitrogen and oxygen atoms in total. The van der Waals surface area contributed by atoms with Gasteiger partial charge in [0.1, 0.15) is 11.6 Å². The number of hydrogen-bond acceptors (Lipinski definition) is 3. The number of ether oxygens (including phenoxy) is 2. The van der Waals surface area contributed by atoms with Crippen LogP contribution in [0.2, 0.25) is 0 Å². The summed E-state index contributed by atoms with van der Waals surface area (Å²) in [6.07, 6.45) is 3.60. The minimum atomic E-state index is 0.355. The summed E-state index contributed by atoms with van der Waals surface area (Å²) >= 11 is 6.09. The number of halogens is 1. The first-order valence-corrected chi connectivity index (χ1v) is 7.83. The molecule has 1 fully saturated rings. The molecule has 1 heterocycles. The Morgan fingerprint density at radius 1 is 1.33 bits per heavy atom. The third-order valence-electron chi connectivity index (χ3n) is 4.44. The second-order valence-corrected chi connectivity index (χ2v) is 6.11. The predicted octanol–water partition coefficient (Wildman–Crippen LogP) is 3.60. The fraction of sp³-hybridized carbons (Fsp3) is 0.562. The molecule has 0 amide bonds. The van der Waals surface area contributed by atoms with E-state index >= 15 is 0 Å². The van der Waals surface area contributed by atoms with Crippen molar-refractivity contribution < 1.29 is 9.47 Å². The summed E-state index contributed by atoms with van der Waals surface area (Å²) in [5, 5.41) is 0. The number of rotatable bonds is 7. The lowest BCUT2D eigenvalue weighted by Gasteiger charge is -2.17. The number of nitrogens with zero attached hydrogens (tertiary/aromatic N) is 2. The molecular weight excluding hydrogens is 288 g/mol. The summed E-state index contributed by atoms with van der Waals surface area (Å²) in [6, 6.07) is 5.98. The summed E-state index contributed by atoms with van der Waals surface area (Å²) in [4.78, 5) is 4.64. The summed E-state index contributed by atoms with van der Waals surface area (Å²) in [5.41, 5.74) is 2.44. The molecule has 0 radical (unpaired) electrons. The largest absolute Gasteiger partial charge is 0.497 e. The van der Waals surface area contributed by atoms with E-state index in [1.807, 2.05) is 18.2 Å². The Bertz CT molecular complexity index is 634. The van der Waals surface area contributed by atoms with Gasteiger partial charge in [0, 0.05) is 26.3 Å². The van der Waals surface area contributed by atoms with Gasteiger partial charge in [-0.05, 0) is 36.8 Å². The third kappa shape index (κ3) is 2.87. The zero-order chi connectivity index (χ0) is 14.9. The smallest absolute Gasteiger partial charge is 0.124 e. The molecule has 1 aliphatic carbocycles. The molecule has 5 heteroatoms. The molecule has 0 N–H and O–H groups in total. The number of imidazole rings is 1. The summed E-state index contributed by atoms with van der Waals surface area (Å²) in [7, 11) is 3.45. The van der Waals surface area contributed by atoms with E-state index in [1.54, 1.807) is 14.2 Å². The highest BCUT2D eigenvalue weighted by Crippen LogP contribution is 2.50. The van der Waals surface area contributed by atoms with E-state index in [0.717, 1.165) is 42.2 Å². The Kier molecular flexibility index (Phi) is 4.09. The maximum atomic E-state index is 6.09. The van der Waals surface area contributed by atoms with E-state index in [1.165, 1.54) is 12.8 Å². The summed E-state index contributed by atoms with van der Waals surface area (Å²) < 4.78 is 12.8. The van der Waals surface area contributed by atoms with Crippen LogP contribution in [0.4, 0.5) is 0 Å². The van der Waals surface area contributed by atoms with E-state index < -0.39 is 0 Å². The molecular formula is C16H21ClN2O2. The fourth-order valence-electron chi connectivity index (χ4n) is 2.88. The predicted molar refractivity (Wildman–Crippen MR) is 84.0 cm³/mol. The van der Waals surface area contributed by atoms with E-state index in [4.69, 9.17) is 21.1 Å².